The van der Waals surface area contributed by atoms with E-state index in [0.717, 1.165) is 12.8 Å². The van der Waals surface area contributed by atoms with Gasteiger partial charge in [0.15, 0.2) is 0 Å². The molecule has 2 aliphatic heterocycles. The molecule has 0 spiro atoms. The van der Waals surface area contributed by atoms with Crippen molar-refractivity contribution in [2.45, 2.75) is 31.8 Å². The number of hydrogen-bond acceptors (Lipinski definition) is 2. The summed E-state index contributed by atoms with van der Waals surface area (Å²) in [7, 11) is 1.72. The minimum atomic E-state index is -0.335. The first-order valence-corrected chi connectivity index (χ1v) is 6.78. The molecular formula is C14H15ClN2O2. The third kappa shape index (κ3) is 1.74. The van der Waals surface area contributed by atoms with Gasteiger partial charge < -0.3 is 9.80 Å². The Balaban J connectivity index is 2.19. The quantitative estimate of drug-likeness (QED) is 0.731. The monoisotopic (exact) mass is 278 g/mol. The third-order valence-corrected chi connectivity index (χ3v) is 4.30. The second kappa shape index (κ2) is 4.23. The van der Waals surface area contributed by atoms with Gasteiger partial charge >= 0.3 is 0 Å². The fraction of sp³-hybridized carbons (Fsp3) is 0.429. The first-order chi connectivity index (χ1) is 9.00. The number of nitrogens with zero attached hydrogens (tertiary/aromatic N) is 2. The summed E-state index contributed by atoms with van der Waals surface area (Å²) in [5.74, 6) is -0.107. The van der Waals surface area contributed by atoms with E-state index >= 15 is 0 Å². The van der Waals surface area contributed by atoms with E-state index in [4.69, 9.17) is 11.6 Å². The van der Waals surface area contributed by atoms with Gasteiger partial charge in [-0.1, -0.05) is 11.6 Å². The molecule has 19 heavy (non-hydrogen) atoms. The lowest BCUT2D eigenvalue weighted by Gasteiger charge is -2.26. The van der Waals surface area contributed by atoms with Gasteiger partial charge in [-0.2, -0.15) is 0 Å². The number of carbonyl (C=O) groups excluding carboxylic acids is 2. The van der Waals surface area contributed by atoms with Crippen molar-refractivity contribution in [2.24, 2.45) is 0 Å². The zero-order valence-corrected chi connectivity index (χ0v) is 11.6. The van der Waals surface area contributed by atoms with Crippen molar-refractivity contribution in [3.63, 3.8) is 0 Å². The van der Waals surface area contributed by atoms with Crippen molar-refractivity contribution in [2.75, 3.05) is 11.9 Å². The predicted octanol–water partition coefficient (Wildman–Crippen LogP) is 2.31. The molecule has 1 aromatic rings. The van der Waals surface area contributed by atoms with Crippen LogP contribution >= 0.6 is 11.6 Å². The number of hydrogen-bond donors (Lipinski definition) is 0. The van der Waals surface area contributed by atoms with Gasteiger partial charge in [-0.3, -0.25) is 9.59 Å². The molecule has 0 aromatic heterocycles. The average molecular weight is 279 g/mol. The summed E-state index contributed by atoms with van der Waals surface area (Å²) < 4.78 is 0. The van der Waals surface area contributed by atoms with Crippen LogP contribution in [0.1, 0.15) is 30.1 Å². The Morgan fingerprint density at radius 2 is 2.00 bits per heavy atom. The van der Waals surface area contributed by atoms with Crippen molar-refractivity contribution in [3.05, 3.63) is 28.8 Å². The summed E-state index contributed by atoms with van der Waals surface area (Å²) >= 11 is 5.98. The molecule has 2 aliphatic rings. The van der Waals surface area contributed by atoms with Crippen LogP contribution in [-0.4, -0.2) is 35.8 Å². The molecule has 0 bridgehead atoms. The minimum Gasteiger partial charge on any atom is -0.324 e. The smallest absolute Gasteiger partial charge is 0.256 e. The SMILES string of the molecule is C[C@H]1CC[C@H]2C(=O)N(C)c3ccc(Cl)cc3C(=O)N12. The minimum absolute atomic E-state index is 0.0150. The molecule has 0 N–H and O–H groups in total. The lowest BCUT2D eigenvalue weighted by atomic mass is 10.1. The molecule has 0 unspecified atom stereocenters. The Hall–Kier alpha value is -1.55. The standard InChI is InChI=1S/C14H15ClN2O2/c1-8-3-5-12-14(19)16(2)11-6-4-9(15)7-10(11)13(18)17(8)12/h4,6-8,12H,3,5H2,1-2H3/t8-,12-/m0/s1. The molecule has 0 radical (unpaired) electrons. The highest BCUT2D eigenvalue weighted by atomic mass is 35.5. The van der Waals surface area contributed by atoms with E-state index in [9.17, 15) is 9.59 Å². The van der Waals surface area contributed by atoms with Crippen LogP contribution in [0.5, 0.6) is 0 Å². The van der Waals surface area contributed by atoms with Crippen LogP contribution in [0.4, 0.5) is 5.69 Å². The van der Waals surface area contributed by atoms with Gasteiger partial charge in [0.05, 0.1) is 11.3 Å². The van der Waals surface area contributed by atoms with Crippen molar-refractivity contribution in [1.29, 1.82) is 0 Å². The van der Waals surface area contributed by atoms with E-state index in [1.54, 1.807) is 35.0 Å². The van der Waals surface area contributed by atoms with Crippen LogP contribution in [0.25, 0.3) is 0 Å². The Kier molecular flexibility index (Phi) is 2.78. The molecule has 0 aliphatic carbocycles. The van der Waals surface area contributed by atoms with Crippen molar-refractivity contribution in [3.8, 4) is 0 Å². The number of benzene rings is 1. The van der Waals surface area contributed by atoms with Crippen molar-refractivity contribution >= 4 is 29.1 Å². The number of amides is 2. The van der Waals surface area contributed by atoms with Crippen molar-refractivity contribution < 1.29 is 9.59 Å². The van der Waals surface area contributed by atoms with Crippen molar-refractivity contribution in [1.82, 2.24) is 4.90 Å². The molecule has 5 heteroatoms. The highest BCUT2D eigenvalue weighted by molar-refractivity contribution is 6.31. The Labute approximate surface area is 116 Å². The van der Waals surface area contributed by atoms with Gasteiger partial charge in [-0.05, 0) is 38.0 Å². The van der Waals surface area contributed by atoms with Crippen LogP contribution in [0.2, 0.25) is 5.02 Å². The molecule has 3 rings (SSSR count). The number of anilines is 1. The second-order valence-corrected chi connectivity index (χ2v) is 5.65. The summed E-state index contributed by atoms with van der Waals surface area (Å²) in [4.78, 5) is 28.4. The maximum absolute atomic E-state index is 12.7. The van der Waals surface area contributed by atoms with Gasteiger partial charge in [0.25, 0.3) is 5.91 Å². The van der Waals surface area contributed by atoms with E-state index < -0.39 is 0 Å². The molecule has 1 fully saturated rings. The first-order valence-electron chi connectivity index (χ1n) is 6.40. The fourth-order valence-corrected chi connectivity index (χ4v) is 3.19. The summed E-state index contributed by atoms with van der Waals surface area (Å²) in [6, 6.07) is 4.85. The fourth-order valence-electron chi connectivity index (χ4n) is 3.02. The molecular weight excluding hydrogens is 264 g/mol. The highest BCUT2D eigenvalue weighted by Gasteiger charge is 2.44. The number of rotatable bonds is 0. The van der Waals surface area contributed by atoms with Gasteiger partial charge in [0, 0.05) is 18.1 Å². The molecule has 1 aromatic carbocycles. The molecule has 100 valence electrons. The number of halogens is 1. The maximum Gasteiger partial charge on any atom is 0.256 e. The Bertz CT molecular complexity index is 573. The zero-order valence-electron chi connectivity index (χ0n) is 10.9. The number of carbonyl (C=O) groups is 2. The van der Waals surface area contributed by atoms with Crippen LogP contribution < -0.4 is 4.90 Å². The van der Waals surface area contributed by atoms with Crippen LogP contribution in [0.3, 0.4) is 0 Å². The van der Waals surface area contributed by atoms with E-state index in [1.165, 1.54) is 0 Å². The summed E-state index contributed by atoms with van der Waals surface area (Å²) in [6.45, 7) is 1.99. The molecule has 2 atom stereocenters. The summed E-state index contributed by atoms with van der Waals surface area (Å²) in [6.07, 6.45) is 1.60. The van der Waals surface area contributed by atoms with E-state index in [1.807, 2.05) is 6.92 Å². The topological polar surface area (TPSA) is 40.6 Å². The Morgan fingerprint density at radius 3 is 2.74 bits per heavy atom. The van der Waals surface area contributed by atoms with E-state index in [-0.39, 0.29) is 23.9 Å². The number of fused-ring (bicyclic) bond motifs is 2. The predicted molar refractivity (Wildman–Crippen MR) is 73.5 cm³/mol. The van der Waals surface area contributed by atoms with Crippen LogP contribution in [0.15, 0.2) is 18.2 Å². The molecule has 2 amide bonds. The summed E-state index contributed by atoms with van der Waals surface area (Å²) in [5, 5.41) is 0.512. The van der Waals surface area contributed by atoms with E-state index in [0.29, 0.717) is 16.3 Å². The molecule has 2 heterocycles. The van der Waals surface area contributed by atoms with Crippen LogP contribution in [-0.2, 0) is 4.79 Å². The molecule has 4 nitrogen and oxygen atoms in total. The number of likely N-dealkylation sites (N-methyl/N-ethyl adjacent to an activating group) is 1. The van der Waals surface area contributed by atoms with Gasteiger partial charge in [0.1, 0.15) is 6.04 Å². The highest BCUT2D eigenvalue weighted by Crippen LogP contribution is 2.35. The third-order valence-electron chi connectivity index (χ3n) is 4.07. The molecule has 0 saturated carbocycles. The van der Waals surface area contributed by atoms with Gasteiger partial charge in [-0.15, -0.1) is 0 Å². The second-order valence-electron chi connectivity index (χ2n) is 5.21. The first kappa shape index (κ1) is 12.5. The average Bonchev–Trinajstić information content (AvgIpc) is 2.74. The molecule has 1 saturated heterocycles. The van der Waals surface area contributed by atoms with E-state index in [2.05, 4.69) is 0 Å². The van der Waals surface area contributed by atoms with Gasteiger partial charge in [-0.25, -0.2) is 0 Å². The zero-order chi connectivity index (χ0) is 13.7. The summed E-state index contributed by atoms with van der Waals surface area (Å²) in [5.41, 5.74) is 1.15. The lowest BCUT2D eigenvalue weighted by molar-refractivity contribution is -0.122. The lowest BCUT2D eigenvalue weighted by Crippen LogP contribution is -2.45. The maximum atomic E-state index is 12.7. The Morgan fingerprint density at radius 1 is 1.26 bits per heavy atom. The van der Waals surface area contributed by atoms with Crippen LogP contribution in [0, 0.1) is 0 Å². The normalized spacial score (nSPS) is 26.3. The largest absolute Gasteiger partial charge is 0.324 e. The van der Waals surface area contributed by atoms with Gasteiger partial charge in [0.2, 0.25) is 5.91 Å².